The highest BCUT2D eigenvalue weighted by atomic mass is 16.7. The highest BCUT2D eigenvalue weighted by molar-refractivity contribution is 4.41. The zero-order chi connectivity index (χ0) is 7.82. The van der Waals surface area contributed by atoms with E-state index in [2.05, 4.69) is 13.8 Å². The summed E-state index contributed by atoms with van der Waals surface area (Å²) in [5, 5.41) is 2.04. The van der Waals surface area contributed by atoms with E-state index in [9.17, 15) is 0 Å². The molecule has 0 fully saturated rings. The smallest absolute Gasteiger partial charge is 0.0656 e. The average Bonchev–Trinajstić information content (AvgIpc) is 1.90. The highest BCUT2D eigenvalue weighted by Crippen LogP contribution is 1.94. The Labute approximate surface area is 64.1 Å². The molecule has 0 saturated carbocycles. The van der Waals surface area contributed by atoms with Gasteiger partial charge in [-0.2, -0.15) is 5.06 Å². The van der Waals surface area contributed by atoms with Gasteiger partial charge in [-0.1, -0.05) is 13.8 Å². The summed E-state index contributed by atoms with van der Waals surface area (Å²) in [5.74, 6) is 0. The van der Waals surface area contributed by atoms with Gasteiger partial charge in [-0.05, 0) is 19.8 Å². The van der Waals surface area contributed by atoms with E-state index >= 15 is 0 Å². The van der Waals surface area contributed by atoms with E-state index in [0.29, 0.717) is 0 Å². The van der Waals surface area contributed by atoms with Crippen molar-refractivity contribution < 1.29 is 4.84 Å². The number of hydrogen-bond acceptors (Lipinski definition) is 2. The summed E-state index contributed by atoms with van der Waals surface area (Å²) in [5.41, 5.74) is 0. The Bertz CT molecular complexity index is 52.0. The lowest BCUT2D eigenvalue weighted by atomic mass is 10.4. The molecule has 0 aromatic rings. The second-order valence-electron chi connectivity index (χ2n) is 2.35. The Kier molecular flexibility index (Phi) is 6.98. The first-order valence-corrected chi connectivity index (χ1v) is 4.23. The molecular weight excluding hydrogens is 126 g/mol. The molecule has 0 aromatic heterocycles. The first-order valence-electron chi connectivity index (χ1n) is 4.23. The van der Waals surface area contributed by atoms with Gasteiger partial charge in [0, 0.05) is 13.1 Å². The van der Waals surface area contributed by atoms with Crippen molar-refractivity contribution in [3.8, 4) is 0 Å². The van der Waals surface area contributed by atoms with Crippen molar-refractivity contribution in [1.82, 2.24) is 5.06 Å². The molecule has 0 aliphatic heterocycles. The zero-order valence-electron chi connectivity index (χ0n) is 7.39. The molecule has 0 N–H and O–H groups in total. The lowest BCUT2D eigenvalue weighted by molar-refractivity contribution is -0.154. The van der Waals surface area contributed by atoms with Crippen LogP contribution in [0.25, 0.3) is 0 Å². The van der Waals surface area contributed by atoms with Gasteiger partial charge in [0.25, 0.3) is 0 Å². The summed E-state index contributed by atoms with van der Waals surface area (Å²) in [7, 11) is 0. The first-order chi connectivity index (χ1) is 4.85. The van der Waals surface area contributed by atoms with Crippen molar-refractivity contribution in [2.24, 2.45) is 0 Å². The van der Waals surface area contributed by atoms with Gasteiger partial charge in [0.15, 0.2) is 0 Å². The summed E-state index contributed by atoms with van der Waals surface area (Å²) in [6.07, 6.45) is 2.33. The fourth-order valence-corrected chi connectivity index (χ4v) is 0.922. The van der Waals surface area contributed by atoms with Crippen LogP contribution in [0.2, 0.25) is 0 Å². The normalized spacial score (nSPS) is 10.8. The minimum Gasteiger partial charge on any atom is -0.299 e. The molecule has 2 heteroatoms. The van der Waals surface area contributed by atoms with Gasteiger partial charge in [0.05, 0.1) is 6.61 Å². The number of nitrogens with zero attached hydrogens (tertiary/aromatic N) is 1. The van der Waals surface area contributed by atoms with Gasteiger partial charge in [-0.15, -0.1) is 0 Å². The minimum atomic E-state index is 0.792. The molecule has 0 spiro atoms. The van der Waals surface area contributed by atoms with Crippen molar-refractivity contribution in [1.29, 1.82) is 0 Å². The van der Waals surface area contributed by atoms with Crippen LogP contribution in [-0.4, -0.2) is 24.8 Å². The molecule has 0 rings (SSSR count). The Morgan fingerprint density at radius 3 is 1.80 bits per heavy atom. The second-order valence-corrected chi connectivity index (χ2v) is 2.35. The maximum Gasteiger partial charge on any atom is 0.0656 e. The van der Waals surface area contributed by atoms with Crippen LogP contribution in [0.15, 0.2) is 0 Å². The van der Waals surface area contributed by atoms with Crippen LogP contribution >= 0.6 is 0 Å². The SMILES string of the molecule is CCCN(CCC)OCC. The van der Waals surface area contributed by atoms with E-state index in [4.69, 9.17) is 4.84 Å². The van der Waals surface area contributed by atoms with Crippen LogP contribution in [0.1, 0.15) is 33.6 Å². The van der Waals surface area contributed by atoms with E-state index in [1.165, 1.54) is 12.8 Å². The predicted octanol–water partition coefficient (Wildman–Crippen LogP) is 2.06. The van der Waals surface area contributed by atoms with Crippen molar-refractivity contribution in [3.05, 3.63) is 0 Å². The van der Waals surface area contributed by atoms with Crippen molar-refractivity contribution in [2.45, 2.75) is 33.6 Å². The van der Waals surface area contributed by atoms with Gasteiger partial charge >= 0.3 is 0 Å². The van der Waals surface area contributed by atoms with Crippen LogP contribution in [-0.2, 0) is 4.84 Å². The molecule has 0 aliphatic rings. The van der Waals surface area contributed by atoms with Gasteiger partial charge in [-0.3, -0.25) is 4.84 Å². The van der Waals surface area contributed by atoms with Crippen LogP contribution in [0.3, 0.4) is 0 Å². The molecule has 10 heavy (non-hydrogen) atoms. The maximum absolute atomic E-state index is 5.36. The molecule has 0 aromatic carbocycles. The predicted molar refractivity (Wildman–Crippen MR) is 43.8 cm³/mol. The van der Waals surface area contributed by atoms with Gasteiger partial charge < -0.3 is 0 Å². The molecule has 0 atom stereocenters. The molecule has 0 heterocycles. The van der Waals surface area contributed by atoms with Crippen LogP contribution in [0.5, 0.6) is 0 Å². The first kappa shape index (κ1) is 9.92. The topological polar surface area (TPSA) is 12.5 Å². The standard InChI is InChI=1S/C8H19NO/c1-4-7-9(8-5-2)10-6-3/h4-8H2,1-3H3. The third-order valence-corrected chi connectivity index (χ3v) is 1.26. The average molecular weight is 145 g/mol. The summed E-state index contributed by atoms with van der Waals surface area (Å²) >= 11 is 0. The Morgan fingerprint density at radius 1 is 1.00 bits per heavy atom. The number of hydroxylamine groups is 2. The summed E-state index contributed by atoms with van der Waals surface area (Å²) in [6, 6.07) is 0. The Hall–Kier alpha value is -0.0800. The van der Waals surface area contributed by atoms with E-state index in [1.54, 1.807) is 0 Å². The molecular formula is C8H19NO. The third-order valence-electron chi connectivity index (χ3n) is 1.26. The molecule has 0 radical (unpaired) electrons. The van der Waals surface area contributed by atoms with E-state index < -0.39 is 0 Å². The monoisotopic (exact) mass is 145 g/mol. The largest absolute Gasteiger partial charge is 0.299 e. The quantitative estimate of drug-likeness (QED) is 0.530. The van der Waals surface area contributed by atoms with Crippen molar-refractivity contribution >= 4 is 0 Å². The molecule has 0 unspecified atom stereocenters. The molecule has 62 valence electrons. The Balaban J connectivity index is 3.30. The van der Waals surface area contributed by atoms with E-state index in [0.717, 1.165) is 19.7 Å². The fourth-order valence-electron chi connectivity index (χ4n) is 0.922. The Morgan fingerprint density at radius 2 is 1.50 bits per heavy atom. The summed E-state index contributed by atoms with van der Waals surface area (Å²) in [6.45, 7) is 9.27. The number of rotatable bonds is 6. The van der Waals surface area contributed by atoms with Gasteiger partial charge in [-0.25, -0.2) is 0 Å². The van der Waals surface area contributed by atoms with Crippen LogP contribution in [0.4, 0.5) is 0 Å². The van der Waals surface area contributed by atoms with Gasteiger partial charge in [0.1, 0.15) is 0 Å². The van der Waals surface area contributed by atoms with E-state index in [1.807, 2.05) is 12.0 Å². The van der Waals surface area contributed by atoms with Gasteiger partial charge in [0.2, 0.25) is 0 Å². The van der Waals surface area contributed by atoms with Crippen molar-refractivity contribution in [2.75, 3.05) is 19.7 Å². The lowest BCUT2D eigenvalue weighted by Crippen LogP contribution is -2.25. The molecule has 0 bridgehead atoms. The third kappa shape index (κ3) is 4.77. The fraction of sp³-hybridized carbons (Fsp3) is 1.00. The van der Waals surface area contributed by atoms with Crippen LogP contribution < -0.4 is 0 Å². The number of hydrogen-bond donors (Lipinski definition) is 0. The molecule has 0 saturated heterocycles. The van der Waals surface area contributed by atoms with Crippen LogP contribution in [0, 0.1) is 0 Å². The summed E-state index contributed by atoms with van der Waals surface area (Å²) in [4.78, 5) is 5.36. The lowest BCUT2D eigenvalue weighted by Gasteiger charge is -2.18. The van der Waals surface area contributed by atoms with Crippen molar-refractivity contribution in [3.63, 3.8) is 0 Å². The van der Waals surface area contributed by atoms with E-state index in [-0.39, 0.29) is 0 Å². The second kappa shape index (κ2) is 7.03. The molecule has 0 amide bonds. The maximum atomic E-state index is 5.36. The molecule has 0 aliphatic carbocycles. The summed E-state index contributed by atoms with van der Waals surface area (Å²) < 4.78 is 0. The zero-order valence-corrected chi connectivity index (χ0v) is 7.39. The highest BCUT2D eigenvalue weighted by Gasteiger charge is 1.99. The molecule has 2 nitrogen and oxygen atoms in total. The minimum absolute atomic E-state index is 0.792.